The van der Waals surface area contributed by atoms with Crippen molar-refractivity contribution in [2.45, 2.75) is 20.0 Å². The third kappa shape index (κ3) is 1.69. The number of hydrogen-bond donors (Lipinski definition) is 2. The second kappa shape index (κ2) is 4.28. The van der Waals surface area contributed by atoms with Crippen LogP contribution >= 0.6 is 0 Å². The summed E-state index contributed by atoms with van der Waals surface area (Å²) in [5.41, 5.74) is 3.12. The lowest BCUT2D eigenvalue weighted by molar-refractivity contribution is 0.0697. The van der Waals surface area contributed by atoms with Gasteiger partial charge in [0.05, 0.1) is 18.2 Å². The lowest BCUT2D eigenvalue weighted by Gasteiger charge is -2.18. The van der Waals surface area contributed by atoms with Crippen LogP contribution in [0.3, 0.4) is 0 Å². The van der Waals surface area contributed by atoms with Crippen molar-refractivity contribution < 1.29 is 14.6 Å². The van der Waals surface area contributed by atoms with Crippen LogP contribution in [0.5, 0.6) is 5.75 Å². The van der Waals surface area contributed by atoms with E-state index < -0.39 is 5.97 Å². The van der Waals surface area contributed by atoms with Crippen LogP contribution in [0.4, 0.5) is 0 Å². The second-order valence-electron chi connectivity index (χ2n) is 4.82. The van der Waals surface area contributed by atoms with Crippen molar-refractivity contribution in [1.82, 2.24) is 9.88 Å². The van der Waals surface area contributed by atoms with E-state index in [1.54, 1.807) is 7.11 Å². The normalized spacial score (nSPS) is 14.4. The van der Waals surface area contributed by atoms with Gasteiger partial charge in [0.15, 0.2) is 0 Å². The first-order valence-corrected chi connectivity index (χ1v) is 6.27. The summed E-state index contributed by atoms with van der Waals surface area (Å²) >= 11 is 0. The number of ether oxygens (including phenoxy) is 1. The van der Waals surface area contributed by atoms with Gasteiger partial charge in [-0.25, -0.2) is 4.79 Å². The zero-order valence-electron chi connectivity index (χ0n) is 11.0. The molecule has 0 fully saturated rings. The summed E-state index contributed by atoms with van der Waals surface area (Å²) in [5.74, 6) is -0.138. The minimum atomic E-state index is -0.880. The van der Waals surface area contributed by atoms with Gasteiger partial charge >= 0.3 is 5.97 Å². The molecule has 0 saturated heterocycles. The van der Waals surface area contributed by atoms with Crippen LogP contribution in [0, 0.1) is 6.92 Å². The average molecular weight is 260 g/mol. The lowest BCUT2D eigenvalue weighted by atomic mass is 10.1. The number of carboxylic acids is 1. The SMILES string of the molecule is COc1cc(C)cc2c(C(=O)O)c3n(c12)CCNC3. The van der Waals surface area contributed by atoms with Crippen molar-refractivity contribution in [3.05, 3.63) is 29.0 Å². The Balaban J connectivity index is 2.46. The molecule has 5 heteroatoms. The monoisotopic (exact) mass is 260 g/mol. The summed E-state index contributed by atoms with van der Waals surface area (Å²) < 4.78 is 7.50. The van der Waals surface area contributed by atoms with Crippen LogP contribution in [0.2, 0.25) is 0 Å². The Morgan fingerprint density at radius 3 is 2.95 bits per heavy atom. The highest BCUT2D eigenvalue weighted by atomic mass is 16.5. The average Bonchev–Trinajstić information content (AvgIpc) is 2.71. The molecule has 100 valence electrons. The maximum absolute atomic E-state index is 11.6. The number of aromatic nitrogens is 1. The Hall–Kier alpha value is -2.01. The van der Waals surface area contributed by atoms with Gasteiger partial charge in [-0.05, 0) is 24.6 Å². The smallest absolute Gasteiger partial charge is 0.338 e. The Labute approximate surface area is 110 Å². The van der Waals surface area contributed by atoms with E-state index in [-0.39, 0.29) is 0 Å². The van der Waals surface area contributed by atoms with E-state index in [0.717, 1.165) is 41.0 Å². The largest absolute Gasteiger partial charge is 0.495 e. The molecule has 19 heavy (non-hydrogen) atoms. The number of hydrogen-bond acceptors (Lipinski definition) is 3. The third-order valence-electron chi connectivity index (χ3n) is 3.61. The highest BCUT2D eigenvalue weighted by Gasteiger charge is 2.26. The molecule has 3 rings (SSSR count). The van der Waals surface area contributed by atoms with E-state index in [1.165, 1.54) is 0 Å². The van der Waals surface area contributed by atoms with Crippen LogP contribution in [-0.4, -0.2) is 29.3 Å². The predicted molar refractivity (Wildman–Crippen MR) is 71.9 cm³/mol. The third-order valence-corrected chi connectivity index (χ3v) is 3.61. The number of nitrogens with one attached hydrogen (secondary N) is 1. The van der Waals surface area contributed by atoms with Gasteiger partial charge in [0, 0.05) is 30.7 Å². The van der Waals surface area contributed by atoms with Crippen molar-refractivity contribution in [2.75, 3.05) is 13.7 Å². The summed E-state index contributed by atoms with van der Waals surface area (Å²) in [5, 5.41) is 13.5. The number of aromatic carboxylic acids is 1. The first-order valence-electron chi connectivity index (χ1n) is 6.27. The van der Waals surface area contributed by atoms with Gasteiger partial charge < -0.3 is 19.7 Å². The highest BCUT2D eigenvalue weighted by Crippen LogP contribution is 2.35. The molecule has 0 bridgehead atoms. The van der Waals surface area contributed by atoms with Crippen LogP contribution < -0.4 is 10.1 Å². The molecule has 0 radical (unpaired) electrons. The number of carbonyl (C=O) groups is 1. The first kappa shape index (κ1) is 12.0. The quantitative estimate of drug-likeness (QED) is 0.863. The summed E-state index contributed by atoms with van der Waals surface area (Å²) in [6.45, 7) is 4.13. The van der Waals surface area contributed by atoms with Crippen molar-refractivity contribution in [3.63, 3.8) is 0 Å². The number of carboxylic acid groups (broad SMARTS) is 1. The number of methoxy groups -OCH3 is 1. The second-order valence-corrected chi connectivity index (χ2v) is 4.82. The molecule has 5 nitrogen and oxygen atoms in total. The molecule has 0 saturated carbocycles. The fraction of sp³-hybridized carbons (Fsp3) is 0.357. The zero-order chi connectivity index (χ0) is 13.6. The maximum atomic E-state index is 11.6. The molecule has 0 atom stereocenters. The van der Waals surface area contributed by atoms with E-state index >= 15 is 0 Å². The van der Waals surface area contributed by atoms with Gasteiger partial charge in [0.25, 0.3) is 0 Å². The molecule has 2 N–H and O–H groups in total. The molecule has 1 aromatic heterocycles. The van der Waals surface area contributed by atoms with Crippen molar-refractivity contribution in [3.8, 4) is 5.75 Å². The number of rotatable bonds is 2. The van der Waals surface area contributed by atoms with Gasteiger partial charge in [-0.2, -0.15) is 0 Å². The molecule has 1 aromatic carbocycles. The molecular formula is C14H16N2O3. The Kier molecular flexibility index (Phi) is 2.71. The van der Waals surface area contributed by atoms with E-state index in [2.05, 4.69) is 9.88 Å². The molecule has 2 aromatic rings. The molecule has 0 unspecified atom stereocenters. The van der Waals surface area contributed by atoms with Crippen LogP contribution in [0.1, 0.15) is 21.6 Å². The van der Waals surface area contributed by atoms with Crippen LogP contribution in [0.15, 0.2) is 12.1 Å². The Bertz CT molecular complexity index is 673. The van der Waals surface area contributed by atoms with Crippen molar-refractivity contribution in [1.29, 1.82) is 0 Å². The first-order chi connectivity index (χ1) is 9.13. The summed E-state index contributed by atoms with van der Waals surface area (Å²) in [7, 11) is 1.62. The van der Waals surface area contributed by atoms with Crippen molar-refractivity contribution in [2.24, 2.45) is 0 Å². The zero-order valence-corrected chi connectivity index (χ0v) is 11.0. The van der Waals surface area contributed by atoms with E-state index in [0.29, 0.717) is 12.1 Å². The van der Waals surface area contributed by atoms with E-state index in [9.17, 15) is 9.90 Å². The fourth-order valence-corrected chi connectivity index (χ4v) is 2.86. The Morgan fingerprint density at radius 1 is 1.47 bits per heavy atom. The number of nitrogens with zero attached hydrogens (tertiary/aromatic N) is 1. The standard InChI is InChI=1S/C14H16N2O3/c1-8-5-9-12(14(17)18)10-7-15-3-4-16(10)13(9)11(6-8)19-2/h5-6,15H,3-4,7H2,1-2H3,(H,17,18). The topological polar surface area (TPSA) is 63.5 Å². The number of aryl methyl sites for hydroxylation is 1. The van der Waals surface area contributed by atoms with Crippen LogP contribution in [-0.2, 0) is 13.1 Å². The highest BCUT2D eigenvalue weighted by molar-refractivity contribution is 6.07. The fourth-order valence-electron chi connectivity index (χ4n) is 2.86. The van der Waals surface area contributed by atoms with Gasteiger partial charge in [0.2, 0.25) is 0 Å². The number of fused-ring (bicyclic) bond motifs is 3. The van der Waals surface area contributed by atoms with Gasteiger partial charge in [-0.3, -0.25) is 0 Å². The molecule has 0 spiro atoms. The van der Waals surface area contributed by atoms with Gasteiger partial charge in [-0.15, -0.1) is 0 Å². The van der Waals surface area contributed by atoms with E-state index in [4.69, 9.17) is 4.74 Å². The summed E-state index contributed by atoms with van der Waals surface area (Å²) in [6, 6.07) is 3.87. The molecular weight excluding hydrogens is 244 g/mol. The van der Waals surface area contributed by atoms with Crippen LogP contribution in [0.25, 0.3) is 10.9 Å². The molecule has 1 aliphatic rings. The van der Waals surface area contributed by atoms with E-state index in [1.807, 2.05) is 19.1 Å². The molecule has 0 amide bonds. The molecule has 1 aliphatic heterocycles. The molecule has 2 heterocycles. The molecule has 0 aliphatic carbocycles. The van der Waals surface area contributed by atoms with Gasteiger partial charge in [0.1, 0.15) is 5.75 Å². The van der Waals surface area contributed by atoms with Gasteiger partial charge in [-0.1, -0.05) is 0 Å². The predicted octanol–water partition coefficient (Wildman–Crippen LogP) is 1.76. The summed E-state index contributed by atoms with van der Waals surface area (Å²) in [4.78, 5) is 11.6. The lowest BCUT2D eigenvalue weighted by Crippen LogP contribution is -2.28. The minimum Gasteiger partial charge on any atom is -0.495 e. The Morgan fingerprint density at radius 2 is 2.26 bits per heavy atom. The minimum absolute atomic E-state index is 0.393. The number of benzene rings is 1. The van der Waals surface area contributed by atoms with Crippen molar-refractivity contribution >= 4 is 16.9 Å². The summed E-state index contributed by atoms with van der Waals surface area (Å²) in [6.07, 6.45) is 0. The maximum Gasteiger partial charge on any atom is 0.338 e.